The number of nitrogens with one attached hydrogen (secondary N) is 1. The van der Waals surface area contributed by atoms with Gasteiger partial charge < -0.3 is 4.74 Å². The number of sulfonamides is 2. The van der Waals surface area contributed by atoms with Gasteiger partial charge >= 0.3 is 0 Å². The van der Waals surface area contributed by atoms with Gasteiger partial charge in [-0.3, -0.25) is 4.72 Å². The van der Waals surface area contributed by atoms with Gasteiger partial charge in [0.25, 0.3) is 10.0 Å². The number of halogens is 1. The summed E-state index contributed by atoms with van der Waals surface area (Å²) in [7, 11) is -6.02. The lowest BCUT2D eigenvalue weighted by Crippen LogP contribution is -2.27. The third kappa shape index (κ3) is 5.30. The molecule has 1 unspecified atom stereocenters. The zero-order valence-corrected chi connectivity index (χ0v) is 20.7. The van der Waals surface area contributed by atoms with Gasteiger partial charge in [-0.05, 0) is 66.6 Å². The zero-order valence-electron chi connectivity index (χ0n) is 19.0. The SMILES string of the molecule is CCS(=O)(=O)Nc1ccc(C2=NN(S(=O)(=O)c3ccc(OC)cc3)C(c3cccc(F)c3)C2)cc1. The van der Waals surface area contributed by atoms with Crippen LogP contribution in [0.2, 0.25) is 0 Å². The molecule has 0 aliphatic carbocycles. The fourth-order valence-corrected chi connectivity index (χ4v) is 5.76. The molecule has 184 valence electrons. The maximum absolute atomic E-state index is 14.0. The Balaban J connectivity index is 1.72. The van der Waals surface area contributed by atoms with Crippen molar-refractivity contribution in [3.63, 3.8) is 0 Å². The first kappa shape index (κ1) is 24.7. The second-order valence-corrected chi connectivity index (χ2v) is 11.7. The lowest BCUT2D eigenvalue weighted by molar-refractivity contribution is 0.370. The van der Waals surface area contributed by atoms with Crippen LogP contribution in [0, 0.1) is 5.82 Å². The van der Waals surface area contributed by atoms with Gasteiger partial charge in [0.15, 0.2) is 0 Å². The van der Waals surface area contributed by atoms with Crippen molar-refractivity contribution in [2.45, 2.75) is 24.3 Å². The number of ether oxygens (including phenoxy) is 1. The van der Waals surface area contributed by atoms with Gasteiger partial charge in [0, 0.05) is 12.1 Å². The van der Waals surface area contributed by atoms with Gasteiger partial charge in [0.2, 0.25) is 10.0 Å². The highest BCUT2D eigenvalue weighted by Gasteiger charge is 2.38. The molecule has 0 radical (unpaired) electrons. The molecule has 1 heterocycles. The van der Waals surface area contributed by atoms with Crippen LogP contribution >= 0.6 is 0 Å². The number of anilines is 1. The van der Waals surface area contributed by atoms with Gasteiger partial charge in [0.1, 0.15) is 11.6 Å². The van der Waals surface area contributed by atoms with Crippen molar-refractivity contribution in [3.8, 4) is 5.75 Å². The van der Waals surface area contributed by atoms with Crippen LogP contribution in [0.1, 0.15) is 30.5 Å². The van der Waals surface area contributed by atoms with Gasteiger partial charge in [-0.2, -0.15) is 17.9 Å². The summed E-state index contributed by atoms with van der Waals surface area (Å²) in [6.45, 7) is 1.54. The normalized spacial score (nSPS) is 16.1. The average Bonchev–Trinajstić information content (AvgIpc) is 3.31. The summed E-state index contributed by atoms with van der Waals surface area (Å²) in [5.74, 6) is -0.0325. The third-order valence-corrected chi connectivity index (χ3v) is 8.58. The molecule has 1 aliphatic rings. The van der Waals surface area contributed by atoms with Crippen molar-refractivity contribution in [1.82, 2.24) is 4.41 Å². The number of methoxy groups -OCH3 is 1. The molecule has 35 heavy (non-hydrogen) atoms. The van der Waals surface area contributed by atoms with Crippen LogP contribution < -0.4 is 9.46 Å². The van der Waals surface area contributed by atoms with Crippen molar-refractivity contribution >= 4 is 31.4 Å². The molecule has 1 aliphatic heterocycles. The van der Waals surface area contributed by atoms with E-state index in [1.54, 1.807) is 42.5 Å². The smallest absolute Gasteiger partial charge is 0.279 e. The summed E-state index contributed by atoms with van der Waals surface area (Å²) >= 11 is 0. The molecule has 3 aromatic carbocycles. The number of hydrazone groups is 1. The van der Waals surface area contributed by atoms with Gasteiger partial charge in [-0.1, -0.05) is 24.3 Å². The Labute approximate surface area is 204 Å². The van der Waals surface area contributed by atoms with Crippen molar-refractivity contribution in [2.75, 3.05) is 17.6 Å². The summed E-state index contributed by atoms with van der Waals surface area (Å²) in [6, 6.07) is 17.5. The van der Waals surface area contributed by atoms with Crippen molar-refractivity contribution in [2.24, 2.45) is 5.10 Å². The van der Waals surface area contributed by atoms with Crippen LogP contribution in [0.25, 0.3) is 0 Å². The molecule has 1 N–H and O–H groups in total. The largest absolute Gasteiger partial charge is 0.497 e. The Kier molecular flexibility index (Phi) is 6.82. The molecule has 0 bridgehead atoms. The number of hydrogen-bond donors (Lipinski definition) is 1. The molecular formula is C24H24FN3O5S2. The Morgan fingerprint density at radius 3 is 2.31 bits per heavy atom. The Morgan fingerprint density at radius 1 is 1.03 bits per heavy atom. The van der Waals surface area contributed by atoms with E-state index in [-0.39, 0.29) is 17.1 Å². The van der Waals surface area contributed by atoms with Gasteiger partial charge in [0.05, 0.1) is 29.5 Å². The number of benzene rings is 3. The summed E-state index contributed by atoms with van der Waals surface area (Å²) in [6.07, 6.45) is 0.207. The van der Waals surface area contributed by atoms with Crippen molar-refractivity contribution in [1.29, 1.82) is 0 Å². The van der Waals surface area contributed by atoms with Crippen LogP contribution in [-0.2, 0) is 20.0 Å². The third-order valence-electron chi connectivity index (χ3n) is 5.58. The number of rotatable bonds is 8. The summed E-state index contributed by atoms with van der Waals surface area (Å²) < 4.78 is 73.3. The van der Waals surface area contributed by atoms with E-state index >= 15 is 0 Å². The zero-order chi connectivity index (χ0) is 25.2. The maximum atomic E-state index is 14.0. The first-order valence-corrected chi connectivity index (χ1v) is 13.8. The Bertz CT molecular complexity index is 1460. The molecule has 0 aromatic heterocycles. The lowest BCUT2D eigenvalue weighted by Gasteiger charge is -2.23. The molecule has 0 fully saturated rings. The predicted molar refractivity (Wildman–Crippen MR) is 132 cm³/mol. The summed E-state index contributed by atoms with van der Waals surface area (Å²) in [5, 5.41) is 4.43. The maximum Gasteiger partial charge on any atom is 0.279 e. The molecule has 4 rings (SSSR count). The highest BCUT2D eigenvalue weighted by molar-refractivity contribution is 7.92. The second kappa shape index (κ2) is 9.67. The van der Waals surface area contributed by atoms with Crippen LogP contribution in [0.15, 0.2) is 82.8 Å². The van der Waals surface area contributed by atoms with Crippen LogP contribution in [-0.4, -0.2) is 39.8 Å². The van der Waals surface area contributed by atoms with Crippen molar-refractivity contribution < 1.29 is 26.0 Å². The number of nitrogens with zero attached hydrogens (tertiary/aromatic N) is 2. The summed E-state index contributed by atoms with van der Waals surface area (Å²) in [4.78, 5) is 0.0222. The van der Waals surface area contributed by atoms with E-state index in [1.165, 1.54) is 44.4 Å². The molecule has 11 heteroatoms. The first-order valence-electron chi connectivity index (χ1n) is 10.8. The Morgan fingerprint density at radius 2 is 1.71 bits per heavy atom. The van der Waals surface area contributed by atoms with Gasteiger partial charge in [-0.25, -0.2) is 12.8 Å². The average molecular weight is 518 g/mol. The minimum atomic E-state index is -4.07. The standard InChI is InChI=1S/C24H24FN3O5S2/c1-3-34(29,30)27-20-9-7-17(8-10-20)23-16-24(18-5-4-6-19(25)15-18)28(26-23)35(31,32)22-13-11-21(33-2)12-14-22/h4-15,24,27H,3,16H2,1-2H3. The fraction of sp³-hybridized carbons (Fsp3) is 0.208. The van der Waals surface area contributed by atoms with E-state index in [4.69, 9.17) is 4.74 Å². The highest BCUT2D eigenvalue weighted by Crippen LogP contribution is 2.37. The minimum absolute atomic E-state index is 0.0222. The molecule has 3 aromatic rings. The van der Waals surface area contributed by atoms with E-state index in [2.05, 4.69) is 9.82 Å². The van der Waals surface area contributed by atoms with E-state index in [1.807, 2.05) is 0 Å². The molecule has 0 amide bonds. The lowest BCUT2D eigenvalue weighted by atomic mass is 9.99. The number of hydrogen-bond acceptors (Lipinski definition) is 6. The molecule has 0 saturated heterocycles. The molecule has 0 saturated carbocycles. The van der Waals surface area contributed by atoms with Crippen molar-refractivity contribution in [3.05, 3.63) is 89.7 Å². The van der Waals surface area contributed by atoms with Gasteiger partial charge in [-0.15, -0.1) is 0 Å². The molecule has 8 nitrogen and oxygen atoms in total. The van der Waals surface area contributed by atoms with E-state index < -0.39 is 31.9 Å². The summed E-state index contributed by atoms with van der Waals surface area (Å²) in [5.41, 5.74) is 1.95. The van der Waals surface area contributed by atoms with Crippen LogP contribution in [0.3, 0.4) is 0 Å². The van der Waals surface area contributed by atoms with E-state index in [0.29, 0.717) is 28.3 Å². The quantitative estimate of drug-likeness (QED) is 0.484. The van der Waals surface area contributed by atoms with Crippen LogP contribution in [0.4, 0.5) is 10.1 Å². The van der Waals surface area contributed by atoms with Crippen LogP contribution in [0.5, 0.6) is 5.75 Å². The second-order valence-electron chi connectivity index (χ2n) is 7.86. The van der Waals surface area contributed by atoms with E-state index in [0.717, 1.165) is 4.41 Å². The fourth-order valence-electron chi connectivity index (χ4n) is 3.68. The molecular weight excluding hydrogens is 493 g/mol. The topological polar surface area (TPSA) is 105 Å². The molecule has 1 atom stereocenters. The van der Waals surface area contributed by atoms with E-state index in [9.17, 15) is 21.2 Å². The minimum Gasteiger partial charge on any atom is -0.497 e. The Hall–Kier alpha value is -3.44. The predicted octanol–water partition coefficient (Wildman–Crippen LogP) is 4.14. The monoisotopic (exact) mass is 517 g/mol. The first-order chi connectivity index (χ1) is 16.6. The molecule has 0 spiro atoms. The highest BCUT2D eigenvalue weighted by atomic mass is 32.2.